The topological polar surface area (TPSA) is 73.9 Å². The molecule has 0 spiro atoms. The summed E-state index contributed by atoms with van der Waals surface area (Å²) < 4.78 is 15.4. The maximum absolute atomic E-state index is 12.2. The first-order valence-electron chi connectivity index (χ1n) is 7.33. The normalized spacial score (nSPS) is 12.3. The monoisotopic (exact) mass is 323 g/mol. The van der Waals surface area contributed by atoms with E-state index in [1.54, 1.807) is 40.0 Å². The number of ether oxygens (including phenoxy) is 3. The lowest BCUT2D eigenvalue weighted by molar-refractivity contribution is -0.146. The molecule has 0 aromatic heterocycles. The predicted octanol–water partition coefficient (Wildman–Crippen LogP) is 1.95. The Hall–Kier alpha value is -2.24. The number of rotatable bonds is 6. The minimum Gasteiger partial charge on any atom is -0.493 e. The molecule has 1 aromatic carbocycles. The average Bonchev–Trinajstić information content (AvgIpc) is 2.51. The van der Waals surface area contributed by atoms with E-state index >= 15 is 0 Å². The first-order valence-corrected chi connectivity index (χ1v) is 7.33. The Kier molecular flexibility index (Phi) is 6.42. The number of esters is 1. The van der Waals surface area contributed by atoms with E-state index in [1.807, 2.05) is 6.07 Å². The fourth-order valence-corrected chi connectivity index (χ4v) is 2.04. The van der Waals surface area contributed by atoms with Crippen LogP contribution in [0.25, 0.3) is 0 Å². The van der Waals surface area contributed by atoms with Crippen molar-refractivity contribution < 1.29 is 23.8 Å². The van der Waals surface area contributed by atoms with Crippen molar-refractivity contribution in [2.75, 3.05) is 21.3 Å². The van der Waals surface area contributed by atoms with E-state index in [2.05, 4.69) is 5.32 Å². The van der Waals surface area contributed by atoms with Crippen molar-refractivity contribution in [1.29, 1.82) is 0 Å². The molecule has 1 rings (SSSR count). The van der Waals surface area contributed by atoms with E-state index in [1.165, 1.54) is 14.2 Å². The van der Waals surface area contributed by atoms with Gasteiger partial charge >= 0.3 is 5.97 Å². The van der Waals surface area contributed by atoms with Crippen LogP contribution in [0, 0.1) is 5.41 Å². The summed E-state index contributed by atoms with van der Waals surface area (Å²) in [5.41, 5.74) is 0.140. The van der Waals surface area contributed by atoms with Gasteiger partial charge in [-0.2, -0.15) is 0 Å². The van der Waals surface area contributed by atoms with Gasteiger partial charge in [0.25, 0.3) is 0 Å². The molecule has 0 fully saturated rings. The third-order valence-corrected chi connectivity index (χ3v) is 3.38. The average molecular weight is 323 g/mol. The second kappa shape index (κ2) is 7.85. The largest absolute Gasteiger partial charge is 0.493 e. The zero-order valence-corrected chi connectivity index (χ0v) is 14.6. The second-order valence-corrected chi connectivity index (χ2v) is 6.16. The van der Waals surface area contributed by atoms with E-state index in [0.29, 0.717) is 11.5 Å². The number of nitrogens with one attached hydrogen (secondary N) is 1. The summed E-state index contributed by atoms with van der Waals surface area (Å²) in [5, 5.41) is 2.74. The summed E-state index contributed by atoms with van der Waals surface area (Å²) in [4.78, 5) is 24.2. The molecule has 6 heteroatoms. The molecule has 0 bridgehead atoms. The molecule has 0 aliphatic carbocycles. The number of amides is 1. The van der Waals surface area contributed by atoms with Crippen LogP contribution in [0.1, 0.15) is 26.3 Å². The number of hydrogen-bond acceptors (Lipinski definition) is 5. The third kappa shape index (κ3) is 4.87. The number of para-hydroxylation sites is 1. The SMILES string of the molecule is COC(=O)[C@@H](Cc1cccc(OC)c1OC)NC(=O)C(C)(C)C. The van der Waals surface area contributed by atoms with Crippen LogP contribution in [0.4, 0.5) is 0 Å². The fraction of sp³-hybridized carbons (Fsp3) is 0.529. The van der Waals surface area contributed by atoms with Crippen molar-refractivity contribution in [1.82, 2.24) is 5.32 Å². The van der Waals surface area contributed by atoms with Crippen LogP contribution in [-0.2, 0) is 20.7 Å². The van der Waals surface area contributed by atoms with E-state index < -0.39 is 17.4 Å². The van der Waals surface area contributed by atoms with Gasteiger partial charge in [-0.25, -0.2) is 4.79 Å². The zero-order valence-electron chi connectivity index (χ0n) is 14.6. The molecule has 1 atom stereocenters. The lowest BCUT2D eigenvalue weighted by atomic mass is 9.94. The van der Waals surface area contributed by atoms with Crippen LogP contribution >= 0.6 is 0 Å². The maximum atomic E-state index is 12.2. The van der Waals surface area contributed by atoms with E-state index in [4.69, 9.17) is 14.2 Å². The van der Waals surface area contributed by atoms with Gasteiger partial charge in [-0.05, 0) is 6.07 Å². The summed E-state index contributed by atoms with van der Waals surface area (Å²) in [6, 6.07) is 4.59. The number of carbonyl (C=O) groups is 2. The van der Waals surface area contributed by atoms with Gasteiger partial charge in [-0.15, -0.1) is 0 Å². The lowest BCUT2D eigenvalue weighted by Crippen LogP contribution is -2.47. The summed E-state index contributed by atoms with van der Waals surface area (Å²) in [6.45, 7) is 5.34. The summed E-state index contributed by atoms with van der Waals surface area (Å²) in [5.74, 6) is 0.368. The Bertz CT molecular complexity index is 563. The minimum absolute atomic E-state index is 0.227. The summed E-state index contributed by atoms with van der Waals surface area (Å²) >= 11 is 0. The van der Waals surface area contributed by atoms with E-state index in [-0.39, 0.29) is 12.3 Å². The predicted molar refractivity (Wildman–Crippen MR) is 86.7 cm³/mol. The van der Waals surface area contributed by atoms with Crippen molar-refractivity contribution in [3.8, 4) is 11.5 Å². The van der Waals surface area contributed by atoms with Gasteiger partial charge in [0, 0.05) is 17.4 Å². The Labute approximate surface area is 137 Å². The van der Waals surface area contributed by atoms with Crippen LogP contribution in [0.2, 0.25) is 0 Å². The van der Waals surface area contributed by atoms with E-state index in [9.17, 15) is 9.59 Å². The van der Waals surface area contributed by atoms with Gasteiger partial charge in [-0.3, -0.25) is 4.79 Å². The Morgan fingerprint density at radius 3 is 2.26 bits per heavy atom. The first-order chi connectivity index (χ1) is 10.7. The molecule has 0 aliphatic rings. The zero-order chi connectivity index (χ0) is 17.6. The van der Waals surface area contributed by atoms with Gasteiger partial charge in [0.2, 0.25) is 5.91 Å². The highest BCUT2D eigenvalue weighted by atomic mass is 16.5. The van der Waals surface area contributed by atoms with Gasteiger partial charge in [-0.1, -0.05) is 32.9 Å². The fourth-order valence-electron chi connectivity index (χ4n) is 2.04. The van der Waals surface area contributed by atoms with Crippen LogP contribution in [0.3, 0.4) is 0 Å². The smallest absolute Gasteiger partial charge is 0.328 e. The molecule has 128 valence electrons. The number of hydrogen-bond donors (Lipinski definition) is 1. The molecule has 0 radical (unpaired) electrons. The van der Waals surface area contributed by atoms with E-state index in [0.717, 1.165) is 5.56 Å². The Balaban J connectivity index is 3.08. The second-order valence-electron chi connectivity index (χ2n) is 6.16. The molecule has 0 saturated heterocycles. The highest BCUT2D eigenvalue weighted by Crippen LogP contribution is 2.31. The molecule has 1 amide bonds. The third-order valence-electron chi connectivity index (χ3n) is 3.38. The summed E-state index contributed by atoms with van der Waals surface area (Å²) in [6.07, 6.45) is 0.245. The molecule has 6 nitrogen and oxygen atoms in total. The van der Waals surface area contributed by atoms with Gasteiger partial charge in [0.1, 0.15) is 6.04 Å². The van der Waals surface area contributed by atoms with Crippen molar-refractivity contribution >= 4 is 11.9 Å². The lowest BCUT2D eigenvalue weighted by Gasteiger charge is -2.23. The molecular formula is C17H25NO5. The Morgan fingerprint density at radius 1 is 1.13 bits per heavy atom. The van der Waals surface area contributed by atoms with Crippen molar-refractivity contribution in [2.24, 2.45) is 5.41 Å². The quantitative estimate of drug-likeness (QED) is 0.810. The highest BCUT2D eigenvalue weighted by molar-refractivity contribution is 5.87. The molecule has 0 unspecified atom stereocenters. The van der Waals surface area contributed by atoms with Crippen LogP contribution in [0.5, 0.6) is 11.5 Å². The molecule has 1 aromatic rings. The number of carbonyl (C=O) groups excluding carboxylic acids is 2. The van der Waals surface area contributed by atoms with Crippen molar-refractivity contribution in [3.05, 3.63) is 23.8 Å². The highest BCUT2D eigenvalue weighted by Gasteiger charge is 2.29. The molecule has 0 saturated carbocycles. The molecule has 23 heavy (non-hydrogen) atoms. The van der Waals surface area contributed by atoms with Crippen molar-refractivity contribution in [2.45, 2.75) is 33.2 Å². The van der Waals surface area contributed by atoms with Crippen LogP contribution in [-0.4, -0.2) is 39.2 Å². The first kappa shape index (κ1) is 18.8. The van der Waals surface area contributed by atoms with Gasteiger partial charge < -0.3 is 19.5 Å². The molecular weight excluding hydrogens is 298 g/mol. The molecule has 1 N–H and O–H groups in total. The minimum atomic E-state index is -0.798. The van der Waals surface area contributed by atoms with Crippen molar-refractivity contribution in [3.63, 3.8) is 0 Å². The molecule has 0 heterocycles. The molecule has 0 aliphatic heterocycles. The number of methoxy groups -OCH3 is 3. The standard InChI is InChI=1S/C17H25NO5/c1-17(2,3)16(20)18-12(15(19)23-6)10-11-8-7-9-13(21-4)14(11)22-5/h7-9,12H,10H2,1-6H3,(H,18,20)/t12-/m1/s1. The van der Waals surface area contributed by atoms with Crippen LogP contribution < -0.4 is 14.8 Å². The number of benzene rings is 1. The van der Waals surface area contributed by atoms with Crippen LogP contribution in [0.15, 0.2) is 18.2 Å². The summed E-state index contributed by atoms with van der Waals surface area (Å²) in [7, 11) is 4.37. The Morgan fingerprint density at radius 2 is 1.78 bits per heavy atom. The van der Waals surface area contributed by atoms with Gasteiger partial charge in [0.15, 0.2) is 11.5 Å². The van der Waals surface area contributed by atoms with Gasteiger partial charge in [0.05, 0.1) is 21.3 Å². The maximum Gasteiger partial charge on any atom is 0.328 e.